The molecule has 2 heterocycles. The fraction of sp³-hybridized carbons (Fsp3) is 0.810. The summed E-state index contributed by atoms with van der Waals surface area (Å²) in [5.74, 6) is -0.762. The number of amides is 2. The number of ketones is 1. The number of hydrogen-bond acceptors (Lipinski definition) is 6. The van der Waals surface area contributed by atoms with E-state index in [0.717, 1.165) is 44.3 Å². The average Bonchev–Trinajstić information content (AvgIpc) is 2.95. The second-order valence-electron chi connectivity index (χ2n) is 8.60. The van der Waals surface area contributed by atoms with Crippen LogP contribution in [0.1, 0.15) is 58.3 Å². The molecule has 2 saturated heterocycles. The van der Waals surface area contributed by atoms with Crippen LogP contribution in [0.4, 0.5) is 0 Å². The lowest BCUT2D eigenvalue weighted by molar-refractivity contribution is -0.142. The van der Waals surface area contributed by atoms with Gasteiger partial charge in [-0.15, -0.1) is 5.10 Å². The average molecular weight is 439 g/mol. The Bertz CT molecular complexity index is 657. The number of nitrogens with zero attached hydrogens (tertiary/aromatic N) is 2. The largest absolute Gasteiger partial charge is 0.381 e. The van der Waals surface area contributed by atoms with Crippen LogP contribution in [0.5, 0.6) is 0 Å². The molecule has 3 fully saturated rings. The zero-order valence-corrected chi connectivity index (χ0v) is 18.8. The Morgan fingerprint density at radius 1 is 1.10 bits per heavy atom. The van der Waals surface area contributed by atoms with E-state index in [0.29, 0.717) is 37.3 Å². The van der Waals surface area contributed by atoms with Gasteiger partial charge in [0.05, 0.1) is 0 Å². The third-order valence-electron chi connectivity index (χ3n) is 6.44. The smallest absolute Gasteiger partial charge is 0.309 e. The van der Waals surface area contributed by atoms with Crippen LogP contribution in [0.25, 0.3) is 0 Å². The predicted octanol–water partition coefficient (Wildman–Crippen LogP) is 1.89. The molecule has 3 rings (SSSR count). The van der Waals surface area contributed by atoms with Gasteiger partial charge in [-0.1, -0.05) is 37.4 Å². The van der Waals surface area contributed by atoms with Crippen LogP contribution in [-0.4, -0.2) is 65.8 Å². The second-order valence-corrected chi connectivity index (χ2v) is 9.58. The molecule has 1 aliphatic carbocycles. The maximum absolute atomic E-state index is 13.0. The number of carbonyl (C=O) groups is 3. The summed E-state index contributed by atoms with van der Waals surface area (Å²) in [6, 6.07) is -0.493. The van der Waals surface area contributed by atoms with E-state index in [1.807, 2.05) is 11.9 Å². The lowest BCUT2D eigenvalue weighted by Crippen LogP contribution is -2.53. The molecule has 2 atom stereocenters. The Labute approximate surface area is 182 Å². The summed E-state index contributed by atoms with van der Waals surface area (Å²) in [5.41, 5.74) is 2.41. The minimum Gasteiger partial charge on any atom is -0.381 e. The number of ether oxygens (including phenoxy) is 1. The highest BCUT2D eigenvalue weighted by molar-refractivity contribution is 8.14. The minimum absolute atomic E-state index is 0.0732. The molecular formula is C21H34N4O4S. The molecule has 0 radical (unpaired) electrons. The van der Waals surface area contributed by atoms with Crippen LogP contribution in [0, 0.1) is 11.8 Å². The van der Waals surface area contributed by atoms with E-state index in [1.165, 1.54) is 0 Å². The number of hydrogen-bond donors (Lipinski definition) is 2. The van der Waals surface area contributed by atoms with Gasteiger partial charge in [0.15, 0.2) is 5.17 Å². The third-order valence-corrected chi connectivity index (χ3v) is 7.72. The summed E-state index contributed by atoms with van der Waals surface area (Å²) in [5, 5.41) is 7.76. The van der Waals surface area contributed by atoms with Crippen molar-refractivity contribution in [1.29, 1.82) is 0 Å². The lowest BCUT2D eigenvalue weighted by Gasteiger charge is -2.30. The van der Waals surface area contributed by atoms with Crippen molar-refractivity contribution in [3.63, 3.8) is 0 Å². The van der Waals surface area contributed by atoms with E-state index >= 15 is 0 Å². The van der Waals surface area contributed by atoms with Gasteiger partial charge in [0, 0.05) is 38.0 Å². The zero-order valence-electron chi connectivity index (χ0n) is 18.0. The molecule has 0 aromatic carbocycles. The lowest BCUT2D eigenvalue weighted by atomic mass is 9.87. The summed E-state index contributed by atoms with van der Waals surface area (Å²) in [4.78, 5) is 40.5. The molecule has 1 unspecified atom stereocenters. The summed E-state index contributed by atoms with van der Waals surface area (Å²) in [6.07, 6.45) is 7.38. The summed E-state index contributed by atoms with van der Waals surface area (Å²) in [7, 11) is 1.91. The highest BCUT2D eigenvalue weighted by Gasteiger charge is 2.36. The Kier molecular flexibility index (Phi) is 8.56. The Balaban J connectivity index is 1.66. The fourth-order valence-electron chi connectivity index (χ4n) is 4.26. The topological polar surface area (TPSA) is 100 Å². The van der Waals surface area contributed by atoms with Gasteiger partial charge in [0.1, 0.15) is 6.04 Å². The summed E-state index contributed by atoms with van der Waals surface area (Å²) >= 11 is 1.54. The van der Waals surface area contributed by atoms with Crippen molar-refractivity contribution in [3.8, 4) is 0 Å². The first-order chi connectivity index (χ1) is 14.5. The van der Waals surface area contributed by atoms with Crippen molar-refractivity contribution in [1.82, 2.24) is 15.6 Å². The normalized spacial score (nSPS) is 26.3. The summed E-state index contributed by atoms with van der Waals surface area (Å²) < 4.78 is 5.41. The molecule has 0 bridgehead atoms. The van der Waals surface area contributed by atoms with E-state index in [1.54, 1.807) is 11.8 Å². The predicted molar refractivity (Wildman–Crippen MR) is 117 cm³/mol. The second kappa shape index (κ2) is 11.1. The van der Waals surface area contributed by atoms with Crippen molar-refractivity contribution >= 4 is 34.5 Å². The van der Waals surface area contributed by atoms with Gasteiger partial charge in [-0.25, -0.2) is 5.43 Å². The van der Waals surface area contributed by atoms with Crippen LogP contribution >= 0.6 is 11.8 Å². The SMILES string of the molecule is C[C@@H]1CSC(=NNC(=O)C(=O)C(NC(=O)C2CCCCCC2)C2CCOCC2)N1C. The van der Waals surface area contributed by atoms with E-state index in [2.05, 4.69) is 22.8 Å². The van der Waals surface area contributed by atoms with Crippen molar-refractivity contribution in [2.45, 2.75) is 70.4 Å². The van der Waals surface area contributed by atoms with Crippen LogP contribution < -0.4 is 10.7 Å². The van der Waals surface area contributed by atoms with Gasteiger partial charge in [-0.05, 0) is 38.5 Å². The molecular weight excluding hydrogens is 404 g/mol. The molecule has 0 spiro atoms. The van der Waals surface area contributed by atoms with E-state index in [-0.39, 0.29) is 17.7 Å². The molecule has 8 nitrogen and oxygen atoms in total. The van der Waals surface area contributed by atoms with Crippen LogP contribution in [0.3, 0.4) is 0 Å². The standard InChI is InChI=1S/C21H34N4O4S/c1-14-13-30-21(25(14)2)24-23-20(28)18(26)17(15-9-11-29-12-10-15)22-19(27)16-7-5-3-4-6-8-16/h14-17H,3-13H2,1-2H3,(H,22,27)(H,23,28)/t14-,17?/m1/s1. The van der Waals surface area contributed by atoms with Gasteiger partial charge in [-0.2, -0.15) is 0 Å². The van der Waals surface area contributed by atoms with Gasteiger partial charge in [0.25, 0.3) is 0 Å². The maximum Gasteiger partial charge on any atom is 0.309 e. The van der Waals surface area contributed by atoms with Crippen molar-refractivity contribution in [2.24, 2.45) is 16.9 Å². The quantitative estimate of drug-likeness (QED) is 0.373. The van der Waals surface area contributed by atoms with Gasteiger partial charge >= 0.3 is 5.91 Å². The van der Waals surface area contributed by atoms with Crippen LogP contribution in [-0.2, 0) is 19.1 Å². The molecule has 2 amide bonds. The number of carbonyl (C=O) groups excluding carboxylic acids is 3. The number of Topliss-reactive ketones (excluding diaryl/α,β-unsaturated/α-hetero) is 1. The highest BCUT2D eigenvalue weighted by atomic mass is 32.2. The molecule has 3 aliphatic rings. The van der Waals surface area contributed by atoms with E-state index in [9.17, 15) is 14.4 Å². The monoisotopic (exact) mass is 438 g/mol. The first kappa shape index (κ1) is 23.1. The van der Waals surface area contributed by atoms with Crippen LogP contribution in [0.2, 0.25) is 0 Å². The number of rotatable bonds is 6. The Hall–Kier alpha value is -1.61. The maximum atomic E-state index is 13.0. The molecule has 2 aliphatic heterocycles. The first-order valence-corrected chi connectivity index (χ1v) is 12.1. The molecule has 30 heavy (non-hydrogen) atoms. The molecule has 0 aromatic rings. The van der Waals surface area contributed by atoms with Gasteiger partial charge < -0.3 is 15.0 Å². The molecule has 1 saturated carbocycles. The number of nitrogens with one attached hydrogen (secondary N) is 2. The molecule has 2 N–H and O–H groups in total. The van der Waals surface area contributed by atoms with Crippen molar-refractivity contribution in [3.05, 3.63) is 0 Å². The Morgan fingerprint density at radius 3 is 2.37 bits per heavy atom. The van der Waals surface area contributed by atoms with E-state index < -0.39 is 17.7 Å². The number of hydrazone groups is 1. The fourth-order valence-corrected chi connectivity index (χ4v) is 5.37. The highest BCUT2D eigenvalue weighted by Crippen LogP contribution is 2.25. The van der Waals surface area contributed by atoms with Crippen molar-refractivity contribution < 1.29 is 19.1 Å². The van der Waals surface area contributed by atoms with Crippen LogP contribution in [0.15, 0.2) is 5.10 Å². The van der Waals surface area contributed by atoms with Crippen molar-refractivity contribution in [2.75, 3.05) is 26.0 Å². The summed E-state index contributed by atoms with van der Waals surface area (Å²) in [6.45, 7) is 3.15. The van der Waals surface area contributed by atoms with Gasteiger partial charge in [0.2, 0.25) is 11.7 Å². The van der Waals surface area contributed by atoms with Gasteiger partial charge in [-0.3, -0.25) is 14.4 Å². The first-order valence-electron chi connectivity index (χ1n) is 11.1. The molecule has 168 valence electrons. The number of thioether (sulfide) groups is 1. The zero-order chi connectivity index (χ0) is 21.5. The minimum atomic E-state index is -0.822. The number of amidine groups is 1. The molecule has 9 heteroatoms. The van der Waals surface area contributed by atoms with E-state index in [4.69, 9.17) is 4.74 Å². The Morgan fingerprint density at radius 2 is 1.77 bits per heavy atom. The third kappa shape index (κ3) is 5.97. The molecule has 0 aromatic heterocycles.